The van der Waals surface area contributed by atoms with Crippen molar-refractivity contribution in [3.63, 3.8) is 0 Å². The molecule has 0 radical (unpaired) electrons. The number of nitrogens with one attached hydrogen (secondary N) is 1. The van der Waals surface area contributed by atoms with E-state index in [4.69, 9.17) is 5.26 Å². The number of nitriles is 1. The van der Waals surface area contributed by atoms with Crippen molar-refractivity contribution in [2.75, 3.05) is 0 Å². The van der Waals surface area contributed by atoms with Gasteiger partial charge >= 0.3 is 0 Å². The maximum Gasteiger partial charge on any atom is 0.101 e. The van der Waals surface area contributed by atoms with Gasteiger partial charge in [-0.15, -0.1) is 11.3 Å². The third kappa shape index (κ3) is 2.79. The second-order valence-electron chi connectivity index (χ2n) is 3.89. The molecule has 0 amide bonds. The van der Waals surface area contributed by atoms with E-state index in [1.807, 2.05) is 33.1 Å². The van der Waals surface area contributed by atoms with Gasteiger partial charge in [0.2, 0.25) is 0 Å². The Balaban J connectivity index is 2.69. The lowest BCUT2D eigenvalue weighted by atomic mass is 10.1. The minimum atomic E-state index is -0.503. The van der Waals surface area contributed by atoms with Gasteiger partial charge < -0.3 is 0 Å². The topological polar surface area (TPSA) is 48.7 Å². The summed E-state index contributed by atoms with van der Waals surface area (Å²) in [5, 5.41) is 15.2. The first-order valence-electron chi connectivity index (χ1n) is 4.55. The fourth-order valence-electron chi connectivity index (χ4n) is 1.23. The summed E-state index contributed by atoms with van der Waals surface area (Å²) in [7, 11) is 0. The third-order valence-corrected chi connectivity index (χ3v) is 2.73. The molecule has 1 heterocycles. The Morgan fingerprint density at radius 1 is 1.64 bits per heavy atom. The summed E-state index contributed by atoms with van der Waals surface area (Å²) < 4.78 is 0. The first kappa shape index (κ1) is 11.2. The Hall–Kier alpha value is -0.920. The molecule has 1 aromatic heterocycles. The normalized spacial score (nSPS) is 13.6. The molecular formula is C10H15N3S. The minimum absolute atomic E-state index is 0.120. The molecule has 76 valence electrons. The average molecular weight is 209 g/mol. The SMILES string of the molecule is Cc1nc(C(C)NC(C)(C)C#N)cs1. The van der Waals surface area contributed by atoms with Crippen molar-refractivity contribution in [2.24, 2.45) is 0 Å². The highest BCUT2D eigenvalue weighted by atomic mass is 32.1. The van der Waals surface area contributed by atoms with Crippen molar-refractivity contribution >= 4 is 11.3 Å². The number of aryl methyl sites for hydroxylation is 1. The van der Waals surface area contributed by atoms with Gasteiger partial charge in [0.1, 0.15) is 5.54 Å². The van der Waals surface area contributed by atoms with Gasteiger partial charge in [0.15, 0.2) is 0 Å². The quantitative estimate of drug-likeness (QED) is 0.831. The summed E-state index contributed by atoms with van der Waals surface area (Å²) in [5.74, 6) is 0. The van der Waals surface area contributed by atoms with Crippen LogP contribution in [0.25, 0.3) is 0 Å². The third-order valence-electron chi connectivity index (χ3n) is 1.94. The molecule has 1 rings (SSSR count). The molecule has 0 aliphatic heterocycles. The van der Waals surface area contributed by atoms with Crippen molar-refractivity contribution < 1.29 is 0 Å². The number of hydrogen-bond donors (Lipinski definition) is 1. The number of thiazole rings is 1. The molecule has 1 aromatic rings. The van der Waals surface area contributed by atoms with Gasteiger partial charge in [-0.1, -0.05) is 0 Å². The molecule has 0 fully saturated rings. The lowest BCUT2D eigenvalue weighted by Gasteiger charge is -2.22. The largest absolute Gasteiger partial charge is 0.292 e. The standard InChI is InChI=1S/C10H15N3S/c1-7(13-10(3,4)6-11)9-5-14-8(2)12-9/h5,7,13H,1-4H3. The molecular weight excluding hydrogens is 194 g/mol. The Kier molecular flexibility index (Phi) is 3.25. The summed E-state index contributed by atoms with van der Waals surface area (Å²) in [4.78, 5) is 4.38. The van der Waals surface area contributed by atoms with Crippen molar-refractivity contribution in [1.29, 1.82) is 5.26 Å². The van der Waals surface area contributed by atoms with Crippen LogP contribution < -0.4 is 5.32 Å². The van der Waals surface area contributed by atoms with Gasteiger partial charge in [0, 0.05) is 11.4 Å². The van der Waals surface area contributed by atoms with Gasteiger partial charge in [-0.3, -0.25) is 5.32 Å². The van der Waals surface area contributed by atoms with E-state index < -0.39 is 5.54 Å². The van der Waals surface area contributed by atoms with Crippen LogP contribution in [0.15, 0.2) is 5.38 Å². The average Bonchev–Trinajstić information content (AvgIpc) is 2.51. The molecule has 1 atom stereocenters. The summed E-state index contributed by atoms with van der Waals surface area (Å²) in [6, 6.07) is 2.33. The molecule has 14 heavy (non-hydrogen) atoms. The zero-order chi connectivity index (χ0) is 10.8. The van der Waals surface area contributed by atoms with E-state index in [0.717, 1.165) is 10.7 Å². The van der Waals surface area contributed by atoms with Crippen LogP contribution in [0, 0.1) is 18.3 Å². The highest BCUT2D eigenvalue weighted by Crippen LogP contribution is 2.18. The number of aromatic nitrogens is 1. The molecule has 3 nitrogen and oxygen atoms in total. The monoisotopic (exact) mass is 209 g/mol. The van der Waals surface area contributed by atoms with Crippen LogP contribution in [-0.2, 0) is 0 Å². The molecule has 1 unspecified atom stereocenters. The summed E-state index contributed by atoms with van der Waals surface area (Å²) in [6.07, 6.45) is 0. The van der Waals surface area contributed by atoms with Gasteiger partial charge in [0.25, 0.3) is 0 Å². The van der Waals surface area contributed by atoms with E-state index in [9.17, 15) is 0 Å². The predicted octanol–water partition coefficient (Wildman–Crippen LogP) is 2.40. The lowest BCUT2D eigenvalue weighted by Crippen LogP contribution is -2.39. The van der Waals surface area contributed by atoms with Crippen molar-refractivity contribution in [1.82, 2.24) is 10.3 Å². The van der Waals surface area contributed by atoms with Crippen LogP contribution in [0.3, 0.4) is 0 Å². The fraction of sp³-hybridized carbons (Fsp3) is 0.600. The maximum atomic E-state index is 8.86. The minimum Gasteiger partial charge on any atom is -0.292 e. The number of nitrogens with zero attached hydrogens (tertiary/aromatic N) is 2. The molecule has 0 aliphatic carbocycles. The summed E-state index contributed by atoms with van der Waals surface area (Å²) >= 11 is 1.63. The van der Waals surface area contributed by atoms with E-state index in [0.29, 0.717) is 0 Å². The van der Waals surface area contributed by atoms with Crippen LogP contribution in [0.4, 0.5) is 0 Å². The smallest absolute Gasteiger partial charge is 0.101 e. The number of hydrogen-bond acceptors (Lipinski definition) is 4. The number of rotatable bonds is 3. The van der Waals surface area contributed by atoms with Crippen LogP contribution in [0.5, 0.6) is 0 Å². The van der Waals surface area contributed by atoms with E-state index in [2.05, 4.69) is 16.4 Å². The van der Waals surface area contributed by atoms with Crippen molar-refractivity contribution in [2.45, 2.75) is 39.3 Å². The first-order valence-corrected chi connectivity index (χ1v) is 5.43. The first-order chi connectivity index (χ1) is 6.44. The fourth-order valence-corrected chi connectivity index (χ4v) is 1.93. The van der Waals surface area contributed by atoms with Crippen LogP contribution >= 0.6 is 11.3 Å². The highest BCUT2D eigenvalue weighted by molar-refractivity contribution is 7.09. The Morgan fingerprint density at radius 3 is 2.71 bits per heavy atom. The second kappa shape index (κ2) is 4.07. The Bertz CT molecular complexity index is 348. The van der Waals surface area contributed by atoms with Crippen LogP contribution in [0.1, 0.15) is 37.5 Å². The van der Waals surface area contributed by atoms with Crippen LogP contribution in [0.2, 0.25) is 0 Å². The summed E-state index contributed by atoms with van der Waals surface area (Å²) in [6.45, 7) is 7.73. The lowest BCUT2D eigenvalue weighted by molar-refractivity contribution is 0.422. The van der Waals surface area contributed by atoms with Gasteiger partial charge in [0.05, 0.1) is 16.8 Å². The zero-order valence-electron chi connectivity index (χ0n) is 8.96. The predicted molar refractivity (Wildman–Crippen MR) is 58.1 cm³/mol. The van der Waals surface area contributed by atoms with Gasteiger partial charge in [-0.2, -0.15) is 5.26 Å². The second-order valence-corrected chi connectivity index (χ2v) is 4.96. The Labute approximate surface area is 88.8 Å². The highest BCUT2D eigenvalue weighted by Gasteiger charge is 2.20. The molecule has 0 saturated heterocycles. The molecule has 0 aromatic carbocycles. The Morgan fingerprint density at radius 2 is 2.29 bits per heavy atom. The molecule has 0 bridgehead atoms. The van der Waals surface area contributed by atoms with Gasteiger partial charge in [-0.05, 0) is 27.7 Å². The van der Waals surface area contributed by atoms with Crippen molar-refractivity contribution in [3.05, 3.63) is 16.1 Å². The zero-order valence-corrected chi connectivity index (χ0v) is 9.77. The van der Waals surface area contributed by atoms with E-state index in [-0.39, 0.29) is 6.04 Å². The molecule has 4 heteroatoms. The molecule has 0 aliphatic rings. The molecule has 0 saturated carbocycles. The molecule has 0 spiro atoms. The molecule has 1 N–H and O–H groups in total. The maximum absolute atomic E-state index is 8.86. The van der Waals surface area contributed by atoms with Gasteiger partial charge in [-0.25, -0.2) is 4.98 Å². The van der Waals surface area contributed by atoms with E-state index >= 15 is 0 Å². The van der Waals surface area contributed by atoms with Crippen LogP contribution in [-0.4, -0.2) is 10.5 Å². The summed E-state index contributed by atoms with van der Waals surface area (Å²) in [5.41, 5.74) is 0.507. The van der Waals surface area contributed by atoms with Crippen molar-refractivity contribution in [3.8, 4) is 6.07 Å². The van der Waals surface area contributed by atoms with E-state index in [1.54, 1.807) is 11.3 Å². The van der Waals surface area contributed by atoms with E-state index in [1.165, 1.54) is 0 Å².